The molecule has 1 N–H and O–H groups in total. The molecule has 0 aromatic heterocycles. The van der Waals surface area contributed by atoms with Crippen molar-refractivity contribution in [3.63, 3.8) is 0 Å². The van der Waals surface area contributed by atoms with Gasteiger partial charge in [0.2, 0.25) is 0 Å². The first-order valence-electron chi connectivity index (χ1n) is 6.34. The van der Waals surface area contributed by atoms with Crippen LogP contribution >= 0.6 is 0 Å². The van der Waals surface area contributed by atoms with Crippen molar-refractivity contribution in [3.05, 3.63) is 0 Å². The van der Waals surface area contributed by atoms with Crippen molar-refractivity contribution in [1.29, 1.82) is 0 Å². The molecule has 1 aliphatic carbocycles. The van der Waals surface area contributed by atoms with Crippen LogP contribution in [0.4, 0.5) is 13.2 Å². The van der Waals surface area contributed by atoms with Crippen LogP contribution in [0, 0.1) is 5.92 Å². The van der Waals surface area contributed by atoms with Crippen LogP contribution < -0.4 is 5.32 Å². The lowest BCUT2D eigenvalue weighted by atomic mass is 9.85. The van der Waals surface area contributed by atoms with E-state index in [2.05, 4.69) is 5.32 Å². The first kappa shape index (κ1) is 14.8. The van der Waals surface area contributed by atoms with Crippen molar-refractivity contribution in [1.82, 2.24) is 5.32 Å². The second-order valence-electron chi connectivity index (χ2n) is 4.82. The Hall–Kier alpha value is -0.290. The molecule has 0 aromatic rings. The first-order valence-corrected chi connectivity index (χ1v) is 6.34. The quantitative estimate of drug-likeness (QED) is 0.812. The summed E-state index contributed by atoms with van der Waals surface area (Å²) < 4.78 is 42.6. The van der Waals surface area contributed by atoms with Crippen molar-refractivity contribution >= 4 is 0 Å². The smallest absolute Gasteiger partial charge is 0.380 e. The van der Waals surface area contributed by atoms with Crippen molar-refractivity contribution in [2.75, 3.05) is 13.2 Å². The van der Waals surface area contributed by atoms with Crippen molar-refractivity contribution < 1.29 is 17.9 Å². The van der Waals surface area contributed by atoms with E-state index in [0.29, 0.717) is 26.1 Å². The highest BCUT2D eigenvalue weighted by Crippen LogP contribution is 2.37. The van der Waals surface area contributed by atoms with Gasteiger partial charge in [-0.3, -0.25) is 0 Å². The van der Waals surface area contributed by atoms with Gasteiger partial charge in [0.05, 0.1) is 12.5 Å². The van der Waals surface area contributed by atoms with Gasteiger partial charge < -0.3 is 10.1 Å². The molecule has 0 amide bonds. The number of ether oxygens (including phenoxy) is 1. The largest absolute Gasteiger partial charge is 0.391 e. The fraction of sp³-hybridized carbons (Fsp3) is 1.00. The lowest BCUT2D eigenvalue weighted by molar-refractivity contribution is -0.182. The Labute approximate surface area is 101 Å². The minimum atomic E-state index is -4.01. The van der Waals surface area contributed by atoms with Crippen LogP contribution in [-0.4, -0.2) is 31.5 Å². The Morgan fingerprint density at radius 3 is 2.29 bits per heavy atom. The number of hydrogen-bond acceptors (Lipinski definition) is 2. The topological polar surface area (TPSA) is 21.3 Å². The molecule has 1 rings (SSSR count). The maximum Gasteiger partial charge on any atom is 0.391 e. The number of nitrogens with one attached hydrogen (secondary N) is 1. The summed E-state index contributed by atoms with van der Waals surface area (Å²) in [6, 6.07) is 0.423. The van der Waals surface area contributed by atoms with E-state index in [1.807, 2.05) is 13.8 Å². The molecule has 1 atom stereocenters. The number of rotatable bonds is 5. The third-order valence-electron chi connectivity index (χ3n) is 3.28. The fourth-order valence-electron chi connectivity index (χ4n) is 2.33. The molecule has 5 heteroatoms. The van der Waals surface area contributed by atoms with E-state index < -0.39 is 12.1 Å². The Balaban J connectivity index is 2.23. The summed E-state index contributed by atoms with van der Waals surface area (Å²) in [6.45, 7) is 5.23. The van der Waals surface area contributed by atoms with E-state index in [4.69, 9.17) is 4.74 Å². The molecule has 1 saturated carbocycles. The molecule has 0 heterocycles. The van der Waals surface area contributed by atoms with Crippen molar-refractivity contribution in [2.45, 2.75) is 57.8 Å². The minimum Gasteiger partial charge on any atom is -0.380 e. The van der Waals surface area contributed by atoms with Gasteiger partial charge in [-0.05, 0) is 39.5 Å². The molecular formula is C12H22F3NO. The molecule has 1 aliphatic rings. The molecule has 0 bridgehead atoms. The highest BCUT2D eigenvalue weighted by molar-refractivity contribution is 4.82. The molecule has 0 saturated heterocycles. The van der Waals surface area contributed by atoms with E-state index in [9.17, 15) is 13.2 Å². The molecule has 0 aromatic carbocycles. The summed E-state index contributed by atoms with van der Waals surface area (Å²) in [5, 5.41) is 3.33. The van der Waals surface area contributed by atoms with Gasteiger partial charge in [0.15, 0.2) is 0 Å². The molecule has 2 nitrogen and oxygen atoms in total. The van der Waals surface area contributed by atoms with Crippen LogP contribution in [0.15, 0.2) is 0 Å². The van der Waals surface area contributed by atoms with Gasteiger partial charge in [-0.2, -0.15) is 13.2 Å². The highest BCUT2D eigenvalue weighted by atomic mass is 19.4. The normalized spacial score (nSPS) is 28.1. The third-order valence-corrected chi connectivity index (χ3v) is 3.28. The van der Waals surface area contributed by atoms with Gasteiger partial charge >= 0.3 is 6.18 Å². The van der Waals surface area contributed by atoms with Crippen molar-refractivity contribution in [2.24, 2.45) is 5.92 Å². The molecule has 1 fully saturated rings. The first-order chi connectivity index (χ1) is 7.93. The van der Waals surface area contributed by atoms with Gasteiger partial charge in [0.25, 0.3) is 0 Å². The van der Waals surface area contributed by atoms with Crippen LogP contribution in [0.1, 0.15) is 39.5 Å². The summed E-state index contributed by atoms with van der Waals surface area (Å²) in [5.74, 6) is -1.09. The van der Waals surface area contributed by atoms with Gasteiger partial charge in [0.1, 0.15) is 0 Å². The van der Waals surface area contributed by atoms with Gasteiger partial charge in [-0.25, -0.2) is 0 Å². The summed E-state index contributed by atoms with van der Waals surface area (Å²) in [7, 11) is 0. The number of hydrogen-bond donors (Lipinski definition) is 1. The summed E-state index contributed by atoms with van der Waals surface area (Å²) in [4.78, 5) is 0. The molecule has 0 spiro atoms. The SMILES string of the molecule is CCOCC(C)NC1CCC(C(F)(F)F)CC1. The predicted molar refractivity (Wildman–Crippen MR) is 60.9 cm³/mol. The second-order valence-corrected chi connectivity index (χ2v) is 4.82. The van der Waals surface area contributed by atoms with Gasteiger partial charge in [-0.1, -0.05) is 0 Å². The average Bonchev–Trinajstić information content (AvgIpc) is 2.26. The maximum absolute atomic E-state index is 12.5. The van der Waals surface area contributed by atoms with Crippen LogP contribution in [0.3, 0.4) is 0 Å². The lowest BCUT2D eigenvalue weighted by Crippen LogP contribution is -2.42. The van der Waals surface area contributed by atoms with Gasteiger partial charge in [-0.15, -0.1) is 0 Å². The molecule has 102 valence electrons. The Morgan fingerprint density at radius 2 is 1.82 bits per heavy atom. The van der Waals surface area contributed by atoms with E-state index in [0.717, 1.165) is 0 Å². The van der Waals surface area contributed by atoms with E-state index in [-0.39, 0.29) is 24.9 Å². The molecule has 0 aliphatic heterocycles. The number of alkyl halides is 3. The zero-order chi connectivity index (χ0) is 12.9. The highest BCUT2D eigenvalue weighted by Gasteiger charge is 2.41. The average molecular weight is 253 g/mol. The second kappa shape index (κ2) is 6.59. The fourth-order valence-corrected chi connectivity index (χ4v) is 2.33. The van der Waals surface area contributed by atoms with Crippen LogP contribution in [0.25, 0.3) is 0 Å². The molecular weight excluding hydrogens is 231 g/mol. The Morgan fingerprint density at radius 1 is 1.24 bits per heavy atom. The Kier molecular flexibility index (Phi) is 5.73. The standard InChI is InChI=1S/C12H22F3NO/c1-3-17-8-9(2)16-11-6-4-10(5-7-11)12(13,14)15/h9-11,16H,3-8H2,1-2H3. The zero-order valence-electron chi connectivity index (χ0n) is 10.5. The molecule has 17 heavy (non-hydrogen) atoms. The summed E-state index contributed by atoms with van der Waals surface area (Å²) in [5.41, 5.74) is 0. The minimum absolute atomic E-state index is 0.211. The number of halogens is 3. The monoisotopic (exact) mass is 253 g/mol. The van der Waals surface area contributed by atoms with E-state index in [1.54, 1.807) is 0 Å². The van der Waals surface area contributed by atoms with Crippen LogP contribution in [-0.2, 0) is 4.74 Å². The Bertz CT molecular complexity index is 212. The molecule has 1 unspecified atom stereocenters. The third kappa shape index (κ3) is 5.25. The predicted octanol–water partition coefficient (Wildman–Crippen LogP) is 3.12. The van der Waals surface area contributed by atoms with E-state index >= 15 is 0 Å². The summed E-state index contributed by atoms with van der Waals surface area (Å²) in [6.07, 6.45) is -2.28. The van der Waals surface area contributed by atoms with Gasteiger partial charge in [0, 0.05) is 18.7 Å². The maximum atomic E-state index is 12.5. The molecule has 0 radical (unpaired) electrons. The zero-order valence-corrected chi connectivity index (χ0v) is 10.5. The summed E-state index contributed by atoms with van der Waals surface area (Å²) >= 11 is 0. The van der Waals surface area contributed by atoms with Crippen LogP contribution in [0.2, 0.25) is 0 Å². The van der Waals surface area contributed by atoms with Crippen molar-refractivity contribution in [3.8, 4) is 0 Å². The van der Waals surface area contributed by atoms with Crippen LogP contribution in [0.5, 0.6) is 0 Å². The lowest BCUT2D eigenvalue weighted by Gasteiger charge is -2.32. The van der Waals surface area contributed by atoms with E-state index in [1.165, 1.54) is 0 Å².